The lowest BCUT2D eigenvalue weighted by molar-refractivity contribution is -0.384. The number of nitrogens with one attached hydrogen (secondary N) is 2. The van der Waals surface area contributed by atoms with Crippen molar-refractivity contribution in [3.63, 3.8) is 0 Å². The molecule has 2 N–H and O–H groups in total. The molecule has 0 aliphatic heterocycles. The summed E-state index contributed by atoms with van der Waals surface area (Å²) in [4.78, 5) is 45.9. The first kappa shape index (κ1) is 21.4. The van der Waals surface area contributed by atoms with E-state index in [1.807, 2.05) is 36.4 Å². The summed E-state index contributed by atoms with van der Waals surface area (Å²) in [5.41, 5.74) is 0.892. The normalized spacial score (nSPS) is 10.3. The number of nitro groups is 1. The van der Waals surface area contributed by atoms with Crippen molar-refractivity contribution in [2.24, 2.45) is 0 Å². The highest BCUT2D eigenvalue weighted by Crippen LogP contribution is 2.22. The molecular formula is C22H19N3O6. The Bertz CT molecular complexity index is 1120. The summed E-state index contributed by atoms with van der Waals surface area (Å²) in [6, 6.07) is 18.4. The Balaban J connectivity index is 1.41. The molecule has 0 atom stereocenters. The molecule has 9 nitrogen and oxygen atoms in total. The van der Waals surface area contributed by atoms with Crippen LogP contribution in [-0.2, 0) is 19.1 Å². The van der Waals surface area contributed by atoms with E-state index in [1.54, 1.807) is 6.07 Å². The van der Waals surface area contributed by atoms with Gasteiger partial charge >= 0.3 is 5.97 Å². The number of non-ortho nitro benzene ring substituents is 1. The van der Waals surface area contributed by atoms with Crippen LogP contribution in [-0.4, -0.2) is 29.3 Å². The van der Waals surface area contributed by atoms with Crippen LogP contribution in [0.1, 0.15) is 12.8 Å². The summed E-state index contributed by atoms with van der Waals surface area (Å²) in [7, 11) is 0. The lowest BCUT2D eigenvalue weighted by Crippen LogP contribution is -2.22. The lowest BCUT2D eigenvalue weighted by atomic mass is 10.1. The van der Waals surface area contributed by atoms with Gasteiger partial charge in [0.05, 0.1) is 11.3 Å². The van der Waals surface area contributed by atoms with Gasteiger partial charge < -0.3 is 15.4 Å². The third-order valence-corrected chi connectivity index (χ3v) is 4.35. The van der Waals surface area contributed by atoms with E-state index >= 15 is 0 Å². The van der Waals surface area contributed by atoms with Crippen molar-refractivity contribution in [2.45, 2.75) is 12.8 Å². The summed E-state index contributed by atoms with van der Waals surface area (Å²) in [5, 5.41) is 17.7. The molecule has 2 amide bonds. The van der Waals surface area contributed by atoms with Crippen LogP contribution < -0.4 is 10.6 Å². The summed E-state index contributed by atoms with van der Waals surface area (Å²) in [5.74, 6) is -1.63. The number of rotatable bonds is 8. The minimum Gasteiger partial charge on any atom is -0.456 e. The fraction of sp³-hybridized carbons (Fsp3) is 0.136. The minimum absolute atomic E-state index is 0.0941. The van der Waals surface area contributed by atoms with Crippen LogP contribution >= 0.6 is 0 Å². The second kappa shape index (κ2) is 9.97. The average molecular weight is 421 g/mol. The molecule has 0 saturated carbocycles. The number of benzene rings is 3. The van der Waals surface area contributed by atoms with Crippen LogP contribution in [0.3, 0.4) is 0 Å². The van der Waals surface area contributed by atoms with Crippen molar-refractivity contribution in [3.05, 3.63) is 76.8 Å². The number of anilines is 2. The highest BCUT2D eigenvalue weighted by Gasteiger charge is 2.12. The molecule has 0 aliphatic carbocycles. The molecule has 3 aromatic rings. The zero-order chi connectivity index (χ0) is 22.2. The molecule has 158 valence electrons. The van der Waals surface area contributed by atoms with E-state index in [0.717, 1.165) is 10.8 Å². The number of nitrogens with zero attached hydrogens (tertiary/aromatic N) is 1. The number of esters is 1. The van der Waals surface area contributed by atoms with Gasteiger partial charge in [-0.15, -0.1) is 0 Å². The predicted molar refractivity (Wildman–Crippen MR) is 114 cm³/mol. The molecule has 0 aliphatic rings. The maximum Gasteiger partial charge on any atom is 0.306 e. The van der Waals surface area contributed by atoms with Crippen molar-refractivity contribution in [1.82, 2.24) is 0 Å². The van der Waals surface area contributed by atoms with Gasteiger partial charge in [0.2, 0.25) is 5.91 Å². The van der Waals surface area contributed by atoms with Crippen molar-refractivity contribution >= 4 is 45.6 Å². The predicted octanol–water partition coefficient (Wildman–Crippen LogP) is 3.65. The molecule has 0 unspecified atom stereocenters. The quantitative estimate of drug-likeness (QED) is 0.325. The van der Waals surface area contributed by atoms with E-state index in [1.165, 1.54) is 24.3 Å². The van der Waals surface area contributed by atoms with Crippen molar-refractivity contribution in [1.29, 1.82) is 0 Å². The van der Waals surface area contributed by atoms with E-state index in [0.29, 0.717) is 11.4 Å². The van der Waals surface area contributed by atoms with Crippen molar-refractivity contribution in [3.8, 4) is 0 Å². The molecule has 0 radical (unpaired) electrons. The van der Waals surface area contributed by atoms with E-state index in [-0.39, 0.29) is 18.5 Å². The maximum absolute atomic E-state index is 12.1. The highest BCUT2D eigenvalue weighted by molar-refractivity contribution is 6.02. The summed E-state index contributed by atoms with van der Waals surface area (Å²) in [6.07, 6.45) is -0.360. The number of hydrogen-bond donors (Lipinski definition) is 2. The Labute approximate surface area is 177 Å². The summed E-state index contributed by atoms with van der Waals surface area (Å²) in [6.45, 7) is -0.466. The van der Waals surface area contributed by atoms with Crippen LogP contribution in [0.4, 0.5) is 17.1 Å². The third kappa shape index (κ3) is 6.10. The Morgan fingerprint density at radius 1 is 0.839 bits per heavy atom. The van der Waals surface area contributed by atoms with Crippen LogP contribution in [0.15, 0.2) is 66.7 Å². The second-order valence-corrected chi connectivity index (χ2v) is 6.59. The Kier molecular flexibility index (Phi) is 6.89. The largest absolute Gasteiger partial charge is 0.456 e. The smallest absolute Gasteiger partial charge is 0.306 e. The SMILES string of the molecule is O=C(CCC(=O)OCC(=O)Nc1cccc2ccccc12)Nc1ccc([N+](=O)[O-])cc1. The van der Waals surface area contributed by atoms with Crippen molar-refractivity contribution < 1.29 is 24.0 Å². The van der Waals surface area contributed by atoms with Crippen LogP contribution in [0.25, 0.3) is 10.8 Å². The van der Waals surface area contributed by atoms with Gasteiger partial charge in [-0.2, -0.15) is 0 Å². The Hall–Kier alpha value is -4.27. The number of carbonyl (C=O) groups is 3. The molecule has 3 aromatic carbocycles. The number of carbonyl (C=O) groups excluding carboxylic acids is 3. The monoisotopic (exact) mass is 421 g/mol. The molecular weight excluding hydrogens is 402 g/mol. The molecule has 0 fully saturated rings. The zero-order valence-corrected chi connectivity index (χ0v) is 16.4. The fourth-order valence-corrected chi connectivity index (χ4v) is 2.84. The first-order chi connectivity index (χ1) is 14.9. The van der Waals surface area contributed by atoms with Gasteiger partial charge in [0.1, 0.15) is 0 Å². The minimum atomic E-state index is -0.688. The third-order valence-electron chi connectivity index (χ3n) is 4.35. The molecule has 0 heterocycles. The van der Waals surface area contributed by atoms with Gasteiger partial charge in [0, 0.05) is 35.3 Å². The van der Waals surface area contributed by atoms with E-state index < -0.39 is 29.3 Å². The van der Waals surface area contributed by atoms with Gasteiger partial charge in [0.15, 0.2) is 6.61 Å². The van der Waals surface area contributed by atoms with Gasteiger partial charge in [0.25, 0.3) is 11.6 Å². The first-order valence-electron chi connectivity index (χ1n) is 9.40. The molecule has 0 saturated heterocycles. The molecule has 0 aromatic heterocycles. The van der Waals surface area contributed by atoms with Gasteiger partial charge in [-0.25, -0.2) is 0 Å². The van der Waals surface area contributed by atoms with Crippen LogP contribution in [0.5, 0.6) is 0 Å². The number of ether oxygens (including phenoxy) is 1. The highest BCUT2D eigenvalue weighted by atomic mass is 16.6. The van der Waals surface area contributed by atoms with E-state index in [9.17, 15) is 24.5 Å². The molecule has 0 spiro atoms. The fourth-order valence-electron chi connectivity index (χ4n) is 2.84. The van der Waals surface area contributed by atoms with Crippen LogP contribution in [0, 0.1) is 10.1 Å². The van der Waals surface area contributed by atoms with Gasteiger partial charge in [-0.3, -0.25) is 24.5 Å². The molecule has 3 rings (SSSR count). The number of amides is 2. The van der Waals surface area contributed by atoms with Gasteiger partial charge in [-0.1, -0.05) is 36.4 Å². The van der Waals surface area contributed by atoms with Crippen molar-refractivity contribution in [2.75, 3.05) is 17.2 Å². The van der Waals surface area contributed by atoms with E-state index in [2.05, 4.69) is 10.6 Å². The maximum atomic E-state index is 12.1. The Morgan fingerprint density at radius 3 is 2.29 bits per heavy atom. The second-order valence-electron chi connectivity index (χ2n) is 6.59. The summed E-state index contributed by atoms with van der Waals surface area (Å²) < 4.78 is 4.92. The zero-order valence-electron chi connectivity index (χ0n) is 16.4. The number of nitro benzene ring substituents is 1. The average Bonchev–Trinajstić information content (AvgIpc) is 2.77. The molecule has 0 bridgehead atoms. The molecule has 31 heavy (non-hydrogen) atoms. The topological polar surface area (TPSA) is 128 Å². The Morgan fingerprint density at radius 2 is 1.55 bits per heavy atom. The molecule has 9 heteroatoms. The number of fused-ring (bicyclic) bond motifs is 1. The number of hydrogen-bond acceptors (Lipinski definition) is 6. The standard InChI is InChI=1S/C22H19N3O6/c26-20(23-16-8-10-17(11-9-16)25(29)30)12-13-22(28)31-14-21(27)24-19-7-3-5-15-4-1-2-6-18(15)19/h1-11H,12-14H2,(H,23,26)(H,24,27). The first-order valence-corrected chi connectivity index (χ1v) is 9.40. The van der Waals surface area contributed by atoms with Gasteiger partial charge in [-0.05, 0) is 23.6 Å². The lowest BCUT2D eigenvalue weighted by Gasteiger charge is -2.09. The van der Waals surface area contributed by atoms with Crippen LogP contribution in [0.2, 0.25) is 0 Å². The van der Waals surface area contributed by atoms with E-state index in [4.69, 9.17) is 4.74 Å². The summed E-state index contributed by atoms with van der Waals surface area (Å²) >= 11 is 0.